The predicted octanol–water partition coefficient (Wildman–Crippen LogP) is 3.30. The van der Waals surface area contributed by atoms with Crippen LogP contribution in [0.25, 0.3) is 11.3 Å². The summed E-state index contributed by atoms with van der Waals surface area (Å²) in [6, 6.07) is 9.08. The Kier molecular flexibility index (Phi) is 4.29. The normalized spacial score (nSPS) is 11.7. The first kappa shape index (κ1) is 14.8. The highest BCUT2D eigenvalue weighted by atomic mass is 32.1. The molecule has 2 aromatic rings. The Labute approximate surface area is 118 Å². The minimum Gasteiger partial charge on any atom is -0.391 e. The van der Waals surface area contributed by atoms with Crippen LogP contribution in [0.3, 0.4) is 0 Å². The molecule has 0 unspecified atom stereocenters. The molecule has 0 aliphatic heterocycles. The van der Waals surface area contributed by atoms with Gasteiger partial charge >= 0.3 is 6.18 Å². The summed E-state index contributed by atoms with van der Waals surface area (Å²) in [5.74, 6) is 0. The zero-order valence-electron chi connectivity index (χ0n) is 10.7. The molecule has 3 nitrogen and oxygen atoms in total. The molecule has 0 aliphatic rings. The molecule has 0 amide bonds. The fourth-order valence-corrected chi connectivity index (χ4v) is 2.67. The molecule has 1 heterocycles. The van der Waals surface area contributed by atoms with Gasteiger partial charge in [-0.25, -0.2) is 4.98 Å². The number of aliphatic hydroxyl groups is 1. The summed E-state index contributed by atoms with van der Waals surface area (Å²) in [7, 11) is 1.34. The number of anilines is 1. The number of halogens is 3. The Morgan fingerprint density at radius 1 is 1.25 bits per heavy atom. The lowest BCUT2D eigenvalue weighted by Gasteiger charge is -2.17. The topological polar surface area (TPSA) is 36.4 Å². The van der Waals surface area contributed by atoms with Gasteiger partial charge in [0, 0.05) is 12.6 Å². The van der Waals surface area contributed by atoms with Crippen LogP contribution in [0, 0.1) is 0 Å². The van der Waals surface area contributed by atoms with Crippen molar-refractivity contribution in [2.24, 2.45) is 0 Å². The smallest absolute Gasteiger partial charge is 0.391 e. The molecule has 108 valence electrons. The highest BCUT2D eigenvalue weighted by molar-refractivity contribution is 7.16. The first-order valence-electron chi connectivity index (χ1n) is 5.84. The van der Waals surface area contributed by atoms with Gasteiger partial charge in [0.25, 0.3) is 0 Å². The molecule has 1 aromatic carbocycles. The van der Waals surface area contributed by atoms with Gasteiger partial charge in [0.2, 0.25) is 0 Å². The van der Waals surface area contributed by atoms with Crippen LogP contribution < -0.4 is 4.90 Å². The third-order valence-corrected chi connectivity index (χ3v) is 3.77. The summed E-state index contributed by atoms with van der Waals surface area (Å²) >= 11 is 1.07. The second-order valence-electron chi connectivity index (χ2n) is 4.26. The monoisotopic (exact) mass is 302 g/mol. The number of hydrogen-bond donors (Lipinski definition) is 1. The third-order valence-electron chi connectivity index (χ3n) is 2.62. The molecule has 0 bridgehead atoms. The lowest BCUT2D eigenvalue weighted by molar-refractivity contribution is -0.119. The Morgan fingerprint density at radius 2 is 1.90 bits per heavy atom. The molecule has 0 fully saturated rings. The summed E-state index contributed by atoms with van der Waals surface area (Å²) in [6.07, 6.45) is -4.29. The van der Waals surface area contributed by atoms with Gasteiger partial charge in [0.05, 0.1) is 17.2 Å². The van der Waals surface area contributed by atoms with E-state index in [0.29, 0.717) is 10.6 Å². The first-order chi connectivity index (χ1) is 9.40. The molecule has 7 heteroatoms. The molecule has 0 aliphatic carbocycles. The summed E-state index contributed by atoms with van der Waals surface area (Å²) in [5, 5.41) is 9.58. The summed E-state index contributed by atoms with van der Waals surface area (Å²) in [5.41, 5.74) is 1.31. The van der Waals surface area contributed by atoms with E-state index in [4.69, 9.17) is 0 Å². The van der Waals surface area contributed by atoms with Crippen molar-refractivity contribution in [1.82, 2.24) is 4.98 Å². The summed E-state index contributed by atoms with van der Waals surface area (Å²) in [4.78, 5) is 5.81. The average molecular weight is 302 g/mol. The minimum absolute atomic E-state index is 0.241. The molecular weight excluding hydrogens is 289 g/mol. The quantitative estimate of drug-likeness (QED) is 0.941. The van der Waals surface area contributed by atoms with Crippen molar-refractivity contribution in [1.29, 1.82) is 0 Å². The van der Waals surface area contributed by atoms with Gasteiger partial charge in [-0.05, 0) is 0 Å². The van der Waals surface area contributed by atoms with Crippen LogP contribution in [0.2, 0.25) is 0 Å². The highest BCUT2D eigenvalue weighted by Gasteiger charge is 2.30. The number of hydrogen-bond acceptors (Lipinski definition) is 4. The van der Waals surface area contributed by atoms with Crippen molar-refractivity contribution in [3.63, 3.8) is 0 Å². The lowest BCUT2D eigenvalue weighted by Crippen LogP contribution is -2.30. The van der Waals surface area contributed by atoms with Crippen molar-refractivity contribution >= 4 is 16.5 Å². The maximum Gasteiger partial charge on any atom is 0.405 e. The maximum absolute atomic E-state index is 12.4. The molecular formula is C13H13F3N2OS. The number of rotatable bonds is 4. The number of benzene rings is 1. The number of nitrogens with zero attached hydrogens (tertiary/aromatic N) is 2. The zero-order chi connectivity index (χ0) is 14.8. The fraction of sp³-hybridized carbons (Fsp3) is 0.308. The number of alkyl halides is 3. The maximum atomic E-state index is 12.4. The Morgan fingerprint density at radius 3 is 2.45 bits per heavy atom. The lowest BCUT2D eigenvalue weighted by atomic mass is 10.1. The Bertz CT molecular complexity index is 569. The van der Waals surface area contributed by atoms with Gasteiger partial charge in [-0.3, -0.25) is 0 Å². The molecule has 20 heavy (non-hydrogen) atoms. The SMILES string of the molecule is CN(CC(F)(F)F)c1nc(-c2ccccc2)c(CO)s1. The van der Waals surface area contributed by atoms with Crippen LogP contribution in [0.5, 0.6) is 0 Å². The highest BCUT2D eigenvalue weighted by Crippen LogP contribution is 2.33. The van der Waals surface area contributed by atoms with Crippen LogP contribution in [0.1, 0.15) is 4.88 Å². The van der Waals surface area contributed by atoms with Crippen molar-refractivity contribution in [3.8, 4) is 11.3 Å². The molecule has 0 atom stereocenters. The number of aliphatic hydroxyl groups excluding tert-OH is 1. The molecule has 2 rings (SSSR count). The van der Waals surface area contributed by atoms with Crippen LogP contribution in [-0.2, 0) is 6.61 Å². The van der Waals surface area contributed by atoms with Crippen molar-refractivity contribution in [3.05, 3.63) is 35.2 Å². The van der Waals surface area contributed by atoms with Crippen molar-refractivity contribution in [2.75, 3.05) is 18.5 Å². The predicted molar refractivity (Wildman–Crippen MR) is 72.8 cm³/mol. The van der Waals surface area contributed by atoms with Crippen LogP contribution >= 0.6 is 11.3 Å². The van der Waals surface area contributed by atoms with Gasteiger partial charge in [0.15, 0.2) is 5.13 Å². The zero-order valence-corrected chi connectivity index (χ0v) is 11.5. The van der Waals surface area contributed by atoms with Gasteiger partial charge in [-0.1, -0.05) is 41.7 Å². The molecule has 1 aromatic heterocycles. The van der Waals surface area contributed by atoms with Gasteiger partial charge in [-0.15, -0.1) is 0 Å². The van der Waals surface area contributed by atoms with E-state index in [0.717, 1.165) is 21.8 Å². The van der Waals surface area contributed by atoms with Crippen molar-refractivity contribution < 1.29 is 18.3 Å². The van der Waals surface area contributed by atoms with Gasteiger partial charge in [0.1, 0.15) is 6.54 Å². The molecule has 0 spiro atoms. The molecule has 0 saturated heterocycles. The average Bonchev–Trinajstić information content (AvgIpc) is 2.82. The summed E-state index contributed by atoms with van der Waals surface area (Å²) < 4.78 is 37.2. The van der Waals surface area contributed by atoms with E-state index in [1.165, 1.54) is 7.05 Å². The first-order valence-corrected chi connectivity index (χ1v) is 6.66. The van der Waals surface area contributed by atoms with Gasteiger partial charge in [-0.2, -0.15) is 13.2 Å². The van der Waals surface area contributed by atoms with Gasteiger partial charge < -0.3 is 10.0 Å². The van der Waals surface area contributed by atoms with E-state index in [1.807, 2.05) is 30.3 Å². The molecule has 1 N–H and O–H groups in total. The van der Waals surface area contributed by atoms with E-state index >= 15 is 0 Å². The van der Waals surface area contributed by atoms with E-state index < -0.39 is 12.7 Å². The van der Waals surface area contributed by atoms with E-state index in [9.17, 15) is 18.3 Å². The third kappa shape index (κ3) is 3.49. The second kappa shape index (κ2) is 5.80. The van der Waals surface area contributed by atoms with E-state index in [2.05, 4.69) is 4.98 Å². The van der Waals surface area contributed by atoms with E-state index in [-0.39, 0.29) is 11.7 Å². The van der Waals surface area contributed by atoms with Crippen molar-refractivity contribution in [2.45, 2.75) is 12.8 Å². The van der Waals surface area contributed by atoms with Crippen LogP contribution in [0.15, 0.2) is 30.3 Å². The fourth-order valence-electron chi connectivity index (χ4n) is 1.77. The molecule has 0 saturated carbocycles. The van der Waals surface area contributed by atoms with Crippen LogP contribution in [-0.4, -0.2) is 29.9 Å². The Balaban J connectivity index is 2.32. The van der Waals surface area contributed by atoms with Crippen LogP contribution in [0.4, 0.5) is 18.3 Å². The summed E-state index contributed by atoms with van der Waals surface area (Å²) in [6.45, 7) is -1.32. The van der Waals surface area contributed by atoms with E-state index in [1.54, 1.807) is 0 Å². The largest absolute Gasteiger partial charge is 0.405 e. The number of thiazole rings is 1. The Hall–Kier alpha value is -1.60. The number of aromatic nitrogens is 1. The second-order valence-corrected chi connectivity index (χ2v) is 5.33. The molecule has 0 radical (unpaired) electrons. The standard InChI is InChI=1S/C13H13F3N2OS/c1-18(8-13(14,15)16)12-17-11(10(7-19)20-12)9-5-3-2-4-6-9/h2-6,19H,7-8H2,1H3. The minimum atomic E-state index is -4.29.